The molecule has 0 heterocycles. The molecule has 0 atom stereocenters. The second-order valence-corrected chi connectivity index (χ2v) is 5.25. The van der Waals surface area contributed by atoms with Gasteiger partial charge >= 0.3 is 5.97 Å². The summed E-state index contributed by atoms with van der Waals surface area (Å²) in [6, 6.07) is 5.03. The minimum absolute atomic E-state index is 0.155. The maximum Gasteiger partial charge on any atom is 0.332 e. The molecule has 6 heteroatoms. The van der Waals surface area contributed by atoms with Crippen molar-refractivity contribution >= 4 is 27.8 Å². The van der Waals surface area contributed by atoms with Gasteiger partial charge in [0.2, 0.25) is 0 Å². The molecule has 1 aromatic carbocycles. The van der Waals surface area contributed by atoms with Gasteiger partial charge in [-0.2, -0.15) is 5.48 Å². The summed E-state index contributed by atoms with van der Waals surface area (Å²) in [5.41, 5.74) is 3.98. The lowest BCUT2D eigenvalue weighted by molar-refractivity contribution is -0.149. The Labute approximate surface area is 132 Å². The molecule has 0 aliphatic rings. The largest absolute Gasteiger partial charge is 0.392 e. The number of aliphatic hydroxyl groups excluding tert-OH is 1. The van der Waals surface area contributed by atoms with Gasteiger partial charge in [-0.05, 0) is 29.7 Å². The Morgan fingerprint density at radius 1 is 1.24 bits per heavy atom. The van der Waals surface area contributed by atoms with E-state index in [0.717, 1.165) is 24.8 Å². The van der Waals surface area contributed by atoms with Crippen molar-refractivity contribution in [3.8, 4) is 0 Å². The summed E-state index contributed by atoms with van der Waals surface area (Å²) in [6.07, 6.45) is 3.01. The van der Waals surface area contributed by atoms with Gasteiger partial charge in [-0.25, -0.2) is 4.79 Å². The van der Waals surface area contributed by atoms with Gasteiger partial charge in [-0.1, -0.05) is 41.8 Å². The maximum absolute atomic E-state index is 11.9. The van der Waals surface area contributed by atoms with Crippen molar-refractivity contribution in [3.63, 3.8) is 0 Å². The molecule has 0 saturated carbocycles. The average molecular weight is 358 g/mol. The van der Waals surface area contributed by atoms with E-state index in [9.17, 15) is 14.7 Å². The zero-order valence-electron chi connectivity index (χ0n) is 12.0. The highest BCUT2D eigenvalue weighted by atomic mass is 79.9. The Morgan fingerprint density at radius 2 is 1.95 bits per heavy atom. The number of rotatable bonds is 7. The molecule has 1 aromatic rings. The standard InChI is InChI=1S/C15H20BrNO4/c1-2-3-4-5-14(19)21-17-15(20)13-7-11(9-16)6-12(8-13)10-18/h6-8,18H,2-5,9-10H2,1H3,(H,17,20). The van der Waals surface area contributed by atoms with E-state index in [1.165, 1.54) is 0 Å². The van der Waals surface area contributed by atoms with Crippen LogP contribution in [0.15, 0.2) is 18.2 Å². The number of carbonyl (C=O) groups is 2. The number of nitrogens with one attached hydrogen (secondary N) is 1. The molecule has 116 valence electrons. The predicted octanol–water partition coefficient (Wildman–Crippen LogP) is 2.84. The van der Waals surface area contributed by atoms with Crippen molar-refractivity contribution in [2.24, 2.45) is 0 Å². The molecule has 0 aromatic heterocycles. The highest BCUT2D eigenvalue weighted by Gasteiger charge is 2.11. The number of amides is 1. The lowest BCUT2D eigenvalue weighted by Gasteiger charge is -2.08. The Hall–Kier alpha value is -1.40. The molecule has 2 N–H and O–H groups in total. The third-order valence-electron chi connectivity index (χ3n) is 2.89. The molecule has 0 radical (unpaired) electrons. The number of benzene rings is 1. The molecule has 0 aliphatic carbocycles. The maximum atomic E-state index is 11.9. The van der Waals surface area contributed by atoms with Crippen LogP contribution in [-0.2, 0) is 21.6 Å². The van der Waals surface area contributed by atoms with Gasteiger partial charge in [0.1, 0.15) is 0 Å². The highest BCUT2D eigenvalue weighted by Crippen LogP contribution is 2.13. The van der Waals surface area contributed by atoms with Crippen molar-refractivity contribution in [2.75, 3.05) is 0 Å². The van der Waals surface area contributed by atoms with Crippen LogP contribution in [0.25, 0.3) is 0 Å². The molecule has 0 spiro atoms. The number of hydrogen-bond acceptors (Lipinski definition) is 4. The molecule has 1 rings (SSSR count). The number of hydrogen-bond donors (Lipinski definition) is 2. The Kier molecular flexibility index (Phi) is 8.00. The molecule has 0 saturated heterocycles. The first-order valence-corrected chi connectivity index (χ1v) is 8.02. The van der Waals surface area contributed by atoms with Gasteiger partial charge in [-0.15, -0.1) is 0 Å². The van der Waals surface area contributed by atoms with Gasteiger partial charge in [0, 0.05) is 17.3 Å². The molecule has 0 aliphatic heterocycles. The van der Waals surface area contributed by atoms with Gasteiger partial charge < -0.3 is 9.94 Å². The van der Waals surface area contributed by atoms with Crippen molar-refractivity contribution < 1.29 is 19.5 Å². The van der Waals surface area contributed by atoms with E-state index >= 15 is 0 Å². The Balaban J connectivity index is 2.57. The fourth-order valence-electron chi connectivity index (χ4n) is 1.79. The van der Waals surface area contributed by atoms with Crippen molar-refractivity contribution in [1.82, 2.24) is 5.48 Å². The van der Waals surface area contributed by atoms with Crippen molar-refractivity contribution in [2.45, 2.75) is 44.5 Å². The van der Waals surface area contributed by atoms with E-state index in [0.29, 0.717) is 16.5 Å². The van der Waals surface area contributed by atoms with Crippen LogP contribution in [0.5, 0.6) is 0 Å². The van der Waals surface area contributed by atoms with Crippen LogP contribution in [0.3, 0.4) is 0 Å². The minimum atomic E-state index is -0.503. The molecule has 0 bridgehead atoms. The van der Waals surface area contributed by atoms with E-state index in [4.69, 9.17) is 4.84 Å². The molecular weight excluding hydrogens is 338 g/mol. The molecule has 1 amide bonds. The summed E-state index contributed by atoms with van der Waals surface area (Å²) in [5, 5.41) is 9.74. The van der Waals surface area contributed by atoms with Gasteiger partial charge in [0.05, 0.1) is 6.61 Å². The number of halogens is 1. The van der Waals surface area contributed by atoms with Crippen LogP contribution in [0.1, 0.15) is 54.1 Å². The number of hydroxylamine groups is 1. The lowest BCUT2D eigenvalue weighted by Crippen LogP contribution is -2.27. The minimum Gasteiger partial charge on any atom is -0.392 e. The Morgan fingerprint density at radius 3 is 2.57 bits per heavy atom. The average Bonchev–Trinajstić information content (AvgIpc) is 2.52. The zero-order valence-corrected chi connectivity index (χ0v) is 13.6. The molecular formula is C15H20BrNO4. The molecule has 5 nitrogen and oxygen atoms in total. The monoisotopic (exact) mass is 357 g/mol. The van der Waals surface area contributed by atoms with Crippen LogP contribution in [0, 0.1) is 0 Å². The van der Waals surface area contributed by atoms with E-state index in [2.05, 4.69) is 21.4 Å². The van der Waals surface area contributed by atoms with Crippen molar-refractivity contribution in [3.05, 3.63) is 34.9 Å². The summed E-state index contributed by atoms with van der Waals surface area (Å²) in [6.45, 7) is 1.89. The SMILES string of the molecule is CCCCCC(=O)ONC(=O)c1cc(CO)cc(CBr)c1. The fraction of sp³-hybridized carbons (Fsp3) is 0.467. The second kappa shape index (κ2) is 9.52. The van der Waals surface area contributed by atoms with Crippen molar-refractivity contribution in [1.29, 1.82) is 0 Å². The molecule has 21 heavy (non-hydrogen) atoms. The van der Waals surface area contributed by atoms with Crippen LogP contribution in [0.2, 0.25) is 0 Å². The smallest absolute Gasteiger partial charge is 0.332 e. The normalized spacial score (nSPS) is 10.2. The summed E-state index contributed by atoms with van der Waals surface area (Å²) in [4.78, 5) is 28.1. The Bertz CT molecular complexity index is 468. The molecule has 0 unspecified atom stereocenters. The zero-order chi connectivity index (χ0) is 15.7. The summed E-state index contributed by atoms with van der Waals surface area (Å²) >= 11 is 3.30. The summed E-state index contributed by atoms with van der Waals surface area (Å²) in [7, 11) is 0. The summed E-state index contributed by atoms with van der Waals surface area (Å²) in [5.74, 6) is -0.952. The van der Waals surface area contributed by atoms with Crippen LogP contribution in [0.4, 0.5) is 0 Å². The number of unbranched alkanes of at least 4 members (excludes halogenated alkanes) is 2. The van der Waals surface area contributed by atoms with Crippen LogP contribution >= 0.6 is 15.9 Å². The quantitative estimate of drug-likeness (QED) is 0.447. The number of aliphatic hydroxyl groups is 1. The third kappa shape index (κ3) is 6.27. The van der Waals surface area contributed by atoms with Gasteiger partial charge in [0.15, 0.2) is 0 Å². The first-order valence-electron chi connectivity index (χ1n) is 6.90. The van der Waals surface area contributed by atoms with E-state index in [-0.39, 0.29) is 13.0 Å². The topological polar surface area (TPSA) is 75.6 Å². The second-order valence-electron chi connectivity index (χ2n) is 4.69. The summed E-state index contributed by atoms with van der Waals surface area (Å²) < 4.78 is 0. The van der Waals surface area contributed by atoms with E-state index < -0.39 is 11.9 Å². The van der Waals surface area contributed by atoms with Crippen LogP contribution in [-0.4, -0.2) is 17.0 Å². The van der Waals surface area contributed by atoms with Gasteiger partial charge in [0.25, 0.3) is 5.91 Å². The number of carbonyl (C=O) groups excluding carboxylic acids is 2. The predicted molar refractivity (Wildman–Crippen MR) is 82.7 cm³/mol. The first kappa shape index (κ1) is 17.7. The van der Waals surface area contributed by atoms with E-state index in [1.807, 2.05) is 6.92 Å². The number of alkyl halides is 1. The highest BCUT2D eigenvalue weighted by molar-refractivity contribution is 9.08. The lowest BCUT2D eigenvalue weighted by atomic mass is 10.1. The third-order valence-corrected chi connectivity index (χ3v) is 3.54. The fourth-order valence-corrected chi connectivity index (χ4v) is 2.12. The van der Waals surface area contributed by atoms with Crippen LogP contribution < -0.4 is 5.48 Å². The van der Waals surface area contributed by atoms with E-state index in [1.54, 1.807) is 18.2 Å². The molecule has 0 fully saturated rings. The first-order chi connectivity index (χ1) is 10.1. The van der Waals surface area contributed by atoms with Gasteiger partial charge in [-0.3, -0.25) is 4.79 Å².